The number of Topliss-reactive ketones (excluding diaryl/α,β-unsaturated/α-hetero) is 1. The van der Waals surface area contributed by atoms with Gasteiger partial charge in [-0.1, -0.05) is 39.0 Å². The molecular formula is C28H38O6. The molecule has 0 radical (unpaired) electrons. The number of ketones is 1. The summed E-state index contributed by atoms with van der Waals surface area (Å²) in [6, 6.07) is 0. The molecule has 0 amide bonds. The monoisotopic (exact) mass is 470 g/mol. The minimum absolute atomic E-state index is 0.0181. The highest BCUT2D eigenvalue weighted by Gasteiger charge is 2.77. The number of ether oxygens (including phenoxy) is 3. The zero-order valence-electron chi connectivity index (χ0n) is 21.6. The second-order valence-electron chi connectivity index (χ2n) is 12.2. The number of allylic oxidation sites excluding steroid dienone is 2. The highest BCUT2D eigenvalue weighted by molar-refractivity contribution is 5.96. The maximum atomic E-state index is 14.6. The number of aliphatic hydroxyl groups is 1. The van der Waals surface area contributed by atoms with E-state index in [9.17, 15) is 14.7 Å². The third-order valence-electron chi connectivity index (χ3n) is 9.65. The van der Waals surface area contributed by atoms with Crippen molar-refractivity contribution in [1.82, 2.24) is 0 Å². The Morgan fingerprint density at radius 1 is 1.26 bits per heavy atom. The van der Waals surface area contributed by atoms with Gasteiger partial charge in [0.2, 0.25) is 0 Å². The van der Waals surface area contributed by atoms with Gasteiger partial charge in [0.05, 0.1) is 12.0 Å². The van der Waals surface area contributed by atoms with Crippen LogP contribution in [-0.2, 0) is 23.8 Å². The number of rotatable bonds is 2. The second kappa shape index (κ2) is 7.14. The Labute approximate surface area is 202 Å². The highest BCUT2D eigenvalue weighted by atomic mass is 16.7. The van der Waals surface area contributed by atoms with Crippen LogP contribution in [0.2, 0.25) is 0 Å². The number of hydrogen-bond acceptors (Lipinski definition) is 6. The number of esters is 1. The molecule has 1 aliphatic heterocycles. The Kier molecular flexibility index (Phi) is 5.03. The van der Waals surface area contributed by atoms with Gasteiger partial charge in [-0.3, -0.25) is 4.79 Å². The van der Waals surface area contributed by atoms with Crippen LogP contribution in [0.25, 0.3) is 0 Å². The first-order valence-corrected chi connectivity index (χ1v) is 12.5. The minimum atomic E-state index is -1.76. The van der Waals surface area contributed by atoms with Gasteiger partial charge in [-0.25, -0.2) is 4.79 Å². The van der Waals surface area contributed by atoms with E-state index >= 15 is 0 Å². The van der Waals surface area contributed by atoms with Crippen LogP contribution in [0.15, 0.2) is 34.9 Å². The molecule has 6 nitrogen and oxygen atoms in total. The van der Waals surface area contributed by atoms with Crippen LogP contribution < -0.4 is 0 Å². The van der Waals surface area contributed by atoms with E-state index in [4.69, 9.17) is 14.2 Å². The van der Waals surface area contributed by atoms with Gasteiger partial charge in [0.1, 0.15) is 6.10 Å². The van der Waals surface area contributed by atoms with Crippen LogP contribution in [0.3, 0.4) is 0 Å². The minimum Gasteiger partial charge on any atom is -0.451 e. The fourth-order valence-corrected chi connectivity index (χ4v) is 7.62. The molecule has 1 heterocycles. The van der Waals surface area contributed by atoms with Gasteiger partial charge in [-0.05, 0) is 75.4 Å². The van der Waals surface area contributed by atoms with Gasteiger partial charge < -0.3 is 19.3 Å². The standard InChI is InChI=1S/C28H38O6/c1-9-14(2)24(30)33-22-15(3)12-27-16(4)10-19-20(25(19,5)6)18(21(27)29)11-17-13-32-26(7,8)34-23(17)28(22,27)31/h9,11-12,16,18-20,22-23,31H,10,13H2,1-8H3/b14-9-/t16-,18+,19-,20+,22+,23-,27+,28-/m1/s1. The molecule has 5 rings (SSSR count). The topological polar surface area (TPSA) is 82.1 Å². The molecule has 2 bridgehead atoms. The van der Waals surface area contributed by atoms with Crippen molar-refractivity contribution < 1.29 is 28.9 Å². The second-order valence-corrected chi connectivity index (χ2v) is 12.2. The summed E-state index contributed by atoms with van der Waals surface area (Å²) < 4.78 is 18.4. The van der Waals surface area contributed by atoms with E-state index in [1.807, 2.05) is 32.9 Å². The quantitative estimate of drug-likeness (QED) is 0.371. The van der Waals surface area contributed by atoms with Crippen molar-refractivity contribution in [3.05, 3.63) is 34.9 Å². The molecular weight excluding hydrogens is 432 g/mol. The third-order valence-corrected chi connectivity index (χ3v) is 9.65. The van der Waals surface area contributed by atoms with Gasteiger partial charge in [0, 0.05) is 11.5 Å². The van der Waals surface area contributed by atoms with Crippen LogP contribution >= 0.6 is 0 Å². The van der Waals surface area contributed by atoms with Gasteiger partial charge in [0.15, 0.2) is 23.3 Å². The summed E-state index contributed by atoms with van der Waals surface area (Å²) in [5, 5.41) is 12.9. The summed E-state index contributed by atoms with van der Waals surface area (Å²) in [5.74, 6) is -1.30. The lowest BCUT2D eigenvalue weighted by Gasteiger charge is -2.52. The van der Waals surface area contributed by atoms with Crippen LogP contribution in [-0.4, -0.2) is 47.1 Å². The van der Waals surface area contributed by atoms with Crippen LogP contribution in [0.1, 0.15) is 61.8 Å². The lowest BCUT2D eigenvalue weighted by molar-refractivity contribution is -0.303. The molecule has 34 heavy (non-hydrogen) atoms. The molecule has 1 spiro atoms. The molecule has 0 unspecified atom stereocenters. The van der Waals surface area contributed by atoms with E-state index in [-0.39, 0.29) is 35.6 Å². The maximum absolute atomic E-state index is 14.6. The number of hydrogen-bond donors (Lipinski definition) is 1. The summed E-state index contributed by atoms with van der Waals surface area (Å²) in [5.41, 5.74) is -0.994. The van der Waals surface area contributed by atoms with Crippen molar-refractivity contribution >= 4 is 11.8 Å². The lowest BCUT2D eigenvalue weighted by Crippen LogP contribution is -2.68. The Morgan fingerprint density at radius 2 is 1.94 bits per heavy atom. The predicted octanol–water partition coefficient (Wildman–Crippen LogP) is 4.13. The van der Waals surface area contributed by atoms with Crippen molar-refractivity contribution in [1.29, 1.82) is 0 Å². The van der Waals surface area contributed by atoms with Crippen molar-refractivity contribution in [2.75, 3.05) is 6.61 Å². The fourth-order valence-electron chi connectivity index (χ4n) is 7.62. The van der Waals surface area contributed by atoms with Gasteiger partial charge >= 0.3 is 5.97 Å². The molecule has 2 saturated carbocycles. The number of carbonyl (C=O) groups excluding carboxylic acids is 2. The lowest BCUT2D eigenvalue weighted by atomic mass is 9.59. The molecule has 4 aliphatic carbocycles. The van der Waals surface area contributed by atoms with Gasteiger partial charge in [0.25, 0.3) is 0 Å². The van der Waals surface area contributed by atoms with Crippen molar-refractivity contribution in [2.45, 2.75) is 85.4 Å². The third kappa shape index (κ3) is 2.85. The van der Waals surface area contributed by atoms with Gasteiger partial charge in [-0.15, -0.1) is 0 Å². The van der Waals surface area contributed by atoms with Crippen LogP contribution in [0.5, 0.6) is 0 Å². The van der Waals surface area contributed by atoms with Crippen LogP contribution in [0.4, 0.5) is 0 Å². The Bertz CT molecular complexity index is 1050. The highest BCUT2D eigenvalue weighted by Crippen LogP contribution is 2.72. The number of carbonyl (C=O) groups is 2. The van der Waals surface area contributed by atoms with E-state index in [0.29, 0.717) is 17.1 Å². The fraction of sp³-hybridized carbons (Fsp3) is 0.714. The molecule has 6 heteroatoms. The average Bonchev–Trinajstić information content (AvgIpc) is 3.25. The largest absolute Gasteiger partial charge is 0.451 e. The Morgan fingerprint density at radius 3 is 2.59 bits per heavy atom. The summed E-state index contributed by atoms with van der Waals surface area (Å²) in [4.78, 5) is 27.5. The smallest absolute Gasteiger partial charge is 0.334 e. The summed E-state index contributed by atoms with van der Waals surface area (Å²) in [7, 11) is 0. The molecule has 0 aromatic heterocycles. The molecule has 0 aromatic carbocycles. The molecule has 5 aliphatic rings. The van der Waals surface area contributed by atoms with E-state index in [0.717, 1.165) is 12.0 Å². The predicted molar refractivity (Wildman–Crippen MR) is 126 cm³/mol. The summed E-state index contributed by atoms with van der Waals surface area (Å²) in [6.45, 7) is 15.8. The van der Waals surface area contributed by atoms with Crippen LogP contribution in [0, 0.1) is 34.5 Å². The molecule has 3 fully saturated rings. The summed E-state index contributed by atoms with van der Waals surface area (Å²) in [6.07, 6.45) is 4.62. The van der Waals surface area contributed by atoms with E-state index < -0.39 is 35.0 Å². The zero-order valence-corrected chi connectivity index (χ0v) is 21.6. The van der Waals surface area contributed by atoms with E-state index in [1.165, 1.54) is 0 Å². The Balaban J connectivity index is 1.72. The number of fused-ring (bicyclic) bond motifs is 5. The summed E-state index contributed by atoms with van der Waals surface area (Å²) >= 11 is 0. The van der Waals surface area contributed by atoms with E-state index in [2.05, 4.69) is 20.8 Å². The first-order chi connectivity index (χ1) is 15.7. The van der Waals surface area contributed by atoms with Crippen molar-refractivity contribution in [3.8, 4) is 0 Å². The van der Waals surface area contributed by atoms with E-state index in [1.54, 1.807) is 19.9 Å². The Hall–Kier alpha value is -1.76. The zero-order chi connectivity index (χ0) is 25.0. The maximum Gasteiger partial charge on any atom is 0.334 e. The first-order valence-electron chi connectivity index (χ1n) is 12.5. The molecule has 1 N–H and O–H groups in total. The molecule has 0 aromatic rings. The van der Waals surface area contributed by atoms with Crippen molar-refractivity contribution in [3.63, 3.8) is 0 Å². The van der Waals surface area contributed by atoms with Gasteiger partial charge in [-0.2, -0.15) is 0 Å². The average molecular weight is 471 g/mol. The first kappa shape index (κ1) is 24.0. The SMILES string of the molecule is C/C=C(/C)C(=O)O[C@H]1C(C)=C[C@]23C(=O)[C@@H](C=C4COC(C)(C)O[C@H]4[C@]12O)[C@H]1[C@@H](C[C@H]3C)C1(C)C. The molecule has 8 atom stereocenters. The molecule has 1 saturated heterocycles. The molecule has 186 valence electrons. The van der Waals surface area contributed by atoms with Crippen molar-refractivity contribution in [2.24, 2.45) is 34.5 Å². The normalized spacial score (nSPS) is 46.1.